The molecule has 2 heterocycles. The lowest BCUT2D eigenvalue weighted by Crippen LogP contribution is -2.48. The molecule has 0 radical (unpaired) electrons. The Labute approximate surface area is 176 Å². The number of fused-ring (bicyclic) bond motifs is 1. The van der Waals surface area contributed by atoms with Crippen LogP contribution in [0.5, 0.6) is 0 Å². The zero-order chi connectivity index (χ0) is 19.5. The smallest absolute Gasteiger partial charge is 0.223 e. The first-order valence-corrected chi connectivity index (χ1v) is 11.2. The first kappa shape index (κ1) is 19.5. The lowest BCUT2D eigenvalue weighted by Gasteiger charge is -2.34. The summed E-state index contributed by atoms with van der Waals surface area (Å²) in [6, 6.07) is 12.3. The quantitative estimate of drug-likeness (QED) is 0.533. The largest absolute Gasteiger partial charge is 0.345 e. The Kier molecular flexibility index (Phi) is 6.04. The van der Waals surface area contributed by atoms with Crippen molar-refractivity contribution in [2.24, 2.45) is 0 Å². The van der Waals surface area contributed by atoms with Crippen molar-refractivity contribution in [1.29, 1.82) is 0 Å². The third-order valence-corrected chi connectivity index (χ3v) is 6.99. The van der Waals surface area contributed by atoms with Crippen molar-refractivity contribution in [2.45, 2.75) is 11.3 Å². The van der Waals surface area contributed by atoms with Gasteiger partial charge < -0.3 is 9.80 Å². The molecule has 4 rings (SSSR count). The van der Waals surface area contributed by atoms with Crippen LogP contribution in [0.3, 0.4) is 0 Å². The van der Waals surface area contributed by atoms with Crippen LogP contribution in [0.25, 0.3) is 10.2 Å². The molecule has 146 valence electrons. The van der Waals surface area contributed by atoms with Gasteiger partial charge in [0.15, 0.2) is 5.13 Å². The fourth-order valence-electron chi connectivity index (χ4n) is 3.11. The van der Waals surface area contributed by atoms with Gasteiger partial charge in [0.1, 0.15) is 5.82 Å². The molecule has 1 saturated heterocycles. The zero-order valence-electron chi connectivity index (χ0n) is 15.1. The summed E-state index contributed by atoms with van der Waals surface area (Å²) < 4.78 is 14.2. The van der Waals surface area contributed by atoms with E-state index in [0.29, 0.717) is 19.5 Å². The van der Waals surface area contributed by atoms with Gasteiger partial charge in [-0.3, -0.25) is 4.79 Å². The van der Waals surface area contributed by atoms with Crippen molar-refractivity contribution in [3.8, 4) is 0 Å². The molecular formula is C20H19ClFN3OS2. The van der Waals surface area contributed by atoms with Gasteiger partial charge >= 0.3 is 0 Å². The Morgan fingerprint density at radius 1 is 1.14 bits per heavy atom. The Morgan fingerprint density at radius 3 is 2.64 bits per heavy atom. The fourth-order valence-corrected chi connectivity index (χ4v) is 5.12. The van der Waals surface area contributed by atoms with Crippen LogP contribution in [0.1, 0.15) is 6.42 Å². The minimum Gasteiger partial charge on any atom is -0.345 e. The SMILES string of the molecule is O=C(CCSc1ccc(Cl)cc1)N1CCN(c2nc3ccc(F)cc3s2)CC1. The lowest BCUT2D eigenvalue weighted by molar-refractivity contribution is -0.131. The van der Waals surface area contributed by atoms with E-state index in [1.807, 2.05) is 29.2 Å². The first-order chi connectivity index (χ1) is 13.6. The number of piperazine rings is 1. The van der Waals surface area contributed by atoms with Crippen molar-refractivity contribution < 1.29 is 9.18 Å². The van der Waals surface area contributed by atoms with Gasteiger partial charge in [-0.15, -0.1) is 11.8 Å². The molecule has 0 unspecified atom stereocenters. The Bertz CT molecular complexity index is 971. The highest BCUT2D eigenvalue weighted by Crippen LogP contribution is 2.30. The van der Waals surface area contributed by atoms with Crippen LogP contribution < -0.4 is 4.90 Å². The van der Waals surface area contributed by atoms with Crippen molar-refractivity contribution in [1.82, 2.24) is 9.88 Å². The molecule has 4 nitrogen and oxygen atoms in total. The van der Waals surface area contributed by atoms with E-state index in [1.165, 1.54) is 23.5 Å². The molecule has 1 aromatic heterocycles. The number of hydrogen-bond acceptors (Lipinski definition) is 5. The summed E-state index contributed by atoms with van der Waals surface area (Å²) in [4.78, 5) is 22.3. The van der Waals surface area contributed by atoms with Crippen LogP contribution in [-0.2, 0) is 4.79 Å². The van der Waals surface area contributed by atoms with Crippen LogP contribution in [0.2, 0.25) is 5.02 Å². The molecule has 28 heavy (non-hydrogen) atoms. The second kappa shape index (κ2) is 8.68. The van der Waals surface area contributed by atoms with Crippen molar-refractivity contribution in [2.75, 3.05) is 36.8 Å². The number of thiazole rings is 1. The van der Waals surface area contributed by atoms with Crippen LogP contribution in [0.15, 0.2) is 47.4 Å². The number of thioether (sulfide) groups is 1. The van der Waals surface area contributed by atoms with Gasteiger partial charge in [0.25, 0.3) is 0 Å². The molecule has 3 aromatic rings. The maximum Gasteiger partial charge on any atom is 0.223 e. The summed E-state index contributed by atoms with van der Waals surface area (Å²) in [5.41, 5.74) is 0.819. The standard InChI is InChI=1S/C20H19ClFN3OS2/c21-14-1-4-16(5-2-14)27-12-7-19(26)24-8-10-25(11-9-24)20-23-17-6-3-15(22)13-18(17)28-20/h1-6,13H,7-12H2. The number of halogens is 2. The van der Waals surface area contributed by atoms with Crippen LogP contribution in [-0.4, -0.2) is 47.7 Å². The minimum atomic E-state index is -0.241. The minimum absolute atomic E-state index is 0.187. The first-order valence-electron chi connectivity index (χ1n) is 9.06. The van der Waals surface area contributed by atoms with Gasteiger partial charge in [-0.05, 0) is 42.5 Å². The van der Waals surface area contributed by atoms with Crippen molar-refractivity contribution in [3.05, 3.63) is 53.3 Å². The highest BCUT2D eigenvalue weighted by Gasteiger charge is 2.23. The third-order valence-electron chi connectivity index (χ3n) is 4.64. The zero-order valence-corrected chi connectivity index (χ0v) is 17.5. The number of rotatable bonds is 5. The average Bonchev–Trinajstić information content (AvgIpc) is 3.12. The summed E-state index contributed by atoms with van der Waals surface area (Å²) >= 11 is 9.05. The van der Waals surface area contributed by atoms with Crippen LogP contribution >= 0.6 is 34.7 Å². The summed E-state index contributed by atoms with van der Waals surface area (Å²) in [5.74, 6) is 0.700. The summed E-state index contributed by atoms with van der Waals surface area (Å²) in [6.07, 6.45) is 0.522. The van der Waals surface area contributed by atoms with Crippen molar-refractivity contribution in [3.63, 3.8) is 0 Å². The molecule has 0 N–H and O–H groups in total. The van der Waals surface area contributed by atoms with E-state index in [2.05, 4.69) is 9.88 Å². The van der Waals surface area contributed by atoms with Gasteiger partial charge in [-0.25, -0.2) is 9.37 Å². The van der Waals surface area contributed by atoms with Crippen LogP contribution in [0.4, 0.5) is 9.52 Å². The number of carbonyl (C=O) groups is 1. The second-order valence-corrected chi connectivity index (χ2v) is 9.14. The number of aromatic nitrogens is 1. The highest BCUT2D eigenvalue weighted by atomic mass is 35.5. The summed E-state index contributed by atoms with van der Waals surface area (Å²) in [7, 11) is 0. The molecule has 8 heteroatoms. The summed E-state index contributed by atoms with van der Waals surface area (Å²) in [6.45, 7) is 2.88. The second-order valence-electron chi connectivity index (χ2n) is 6.53. The number of amides is 1. The van der Waals surface area contributed by atoms with E-state index in [9.17, 15) is 9.18 Å². The third kappa shape index (κ3) is 4.59. The molecule has 1 amide bonds. The Balaban J connectivity index is 1.27. The number of benzene rings is 2. The molecule has 0 aliphatic carbocycles. The molecule has 1 fully saturated rings. The van der Waals surface area contributed by atoms with Crippen LogP contribution in [0, 0.1) is 5.82 Å². The predicted octanol–water partition coefficient (Wildman–Crippen LogP) is 4.92. The van der Waals surface area contributed by atoms with E-state index in [1.54, 1.807) is 17.8 Å². The van der Waals surface area contributed by atoms with E-state index in [-0.39, 0.29) is 11.7 Å². The molecule has 1 aliphatic heterocycles. The highest BCUT2D eigenvalue weighted by molar-refractivity contribution is 7.99. The number of anilines is 1. The molecule has 0 saturated carbocycles. The molecule has 0 bridgehead atoms. The molecule has 1 aliphatic rings. The Morgan fingerprint density at radius 2 is 1.89 bits per heavy atom. The maximum absolute atomic E-state index is 13.4. The fraction of sp³-hybridized carbons (Fsp3) is 0.300. The van der Waals surface area contributed by atoms with E-state index < -0.39 is 0 Å². The number of hydrogen-bond donors (Lipinski definition) is 0. The van der Waals surface area contributed by atoms with Gasteiger partial charge in [0, 0.05) is 48.3 Å². The average molecular weight is 436 g/mol. The van der Waals surface area contributed by atoms with Gasteiger partial charge in [-0.1, -0.05) is 22.9 Å². The number of carbonyl (C=O) groups excluding carboxylic acids is 1. The van der Waals surface area contributed by atoms with Gasteiger partial charge in [-0.2, -0.15) is 0 Å². The normalized spacial score (nSPS) is 14.6. The summed E-state index contributed by atoms with van der Waals surface area (Å²) in [5, 5.41) is 1.61. The molecular weight excluding hydrogens is 417 g/mol. The maximum atomic E-state index is 13.4. The van der Waals surface area contributed by atoms with Gasteiger partial charge in [0.2, 0.25) is 5.91 Å². The number of nitrogens with zero attached hydrogens (tertiary/aromatic N) is 3. The van der Waals surface area contributed by atoms with Crippen molar-refractivity contribution >= 4 is 56.0 Å². The lowest BCUT2D eigenvalue weighted by atomic mass is 10.3. The molecule has 2 aromatic carbocycles. The van der Waals surface area contributed by atoms with E-state index in [4.69, 9.17) is 11.6 Å². The molecule has 0 atom stereocenters. The van der Waals surface area contributed by atoms with E-state index in [0.717, 1.165) is 44.1 Å². The van der Waals surface area contributed by atoms with Gasteiger partial charge in [0.05, 0.1) is 10.2 Å². The Hall–Kier alpha value is -1.83. The van der Waals surface area contributed by atoms with E-state index >= 15 is 0 Å². The topological polar surface area (TPSA) is 36.4 Å². The predicted molar refractivity (Wildman–Crippen MR) is 115 cm³/mol. The molecule has 0 spiro atoms. The monoisotopic (exact) mass is 435 g/mol.